The van der Waals surface area contributed by atoms with Crippen molar-refractivity contribution in [2.45, 2.75) is 5.41 Å². The fourth-order valence-corrected chi connectivity index (χ4v) is 9.86. The smallest absolute Gasteiger partial charge is 0.143 e. The van der Waals surface area contributed by atoms with Gasteiger partial charge in [0.15, 0.2) is 0 Å². The summed E-state index contributed by atoms with van der Waals surface area (Å²) in [6.07, 6.45) is 0. The highest BCUT2D eigenvalue weighted by molar-refractivity contribution is 6.13. The standard InChI is InChI=1S/C55H35NO/c1-3-14-36(15-4-1)38-26-28-40(29-27-38)56(41-19-13-18-39(34-41)37-16-5-2-6-17-37)42-30-31-44-43-20-7-10-23-48(43)55(51(44)35-42)49-24-11-8-22-47(49)53-50(55)33-32-46-45-21-9-12-25-52(45)57-54(46)53/h1-35H. The van der Waals surface area contributed by atoms with Crippen LogP contribution in [0, 0.1) is 0 Å². The van der Waals surface area contributed by atoms with Crippen LogP contribution >= 0.6 is 0 Å². The van der Waals surface area contributed by atoms with Gasteiger partial charge in [-0.05, 0) is 104 Å². The van der Waals surface area contributed by atoms with Crippen LogP contribution in [0.4, 0.5) is 17.1 Å². The summed E-state index contributed by atoms with van der Waals surface area (Å²) in [4.78, 5) is 2.42. The second kappa shape index (κ2) is 12.3. The molecule has 57 heavy (non-hydrogen) atoms. The third-order valence-electron chi connectivity index (χ3n) is 12.3. The molecule has 2 heteroatoms. The van der Waals surface area contributed by atoms with E-state index in [-0.39, 0.29) is 0 Å². The maximum Gasteiger partial charge on any atom is 0.143 e. The van der Waals surface area contributed by atoms with Crippen molar-refractivity contribution < 1.29 is 4.42 Å². The molecule has 2 nitrogen and oxygen atoms in total. The van der Waals surface area contributed by atoms with Gasteiger partial charge >= 0.3 is 0 Å². The highest BCUT2D eigenvalue weighted by Gasteiger charge is 2.52. The lowest BCUT2D eigenvalue weighted by molar-refractivity contribution is 0.669. The molecule has 1 unspecified atom stereocenters. The fourth-order valence-electron chi connectivity index (χ4n) is 9.86. The van der Waals surface area contributed by atoms with Gasteiger partial charge in [-0.2, -0.15) is 0 Å². The molecule has 1 heterocycles. The molecule has 0 aliphatic heterocycles. The number of rotatable bonds is 5. The fraction of sp³-hybridized carbons (Fsp3) is 0.0182. The number of nitrogens with zero attached hydrogens (tertiary/aromatic N) is 1. The van der Waals surface area contributed by atoms with Crippen LogP contribution in [0.1, 0.15) is 22.3 Å². The van der Waals surface area contributed by atoms with E-state index in [1.165, 1.54) is 66.8 Å². The lowest BCUT2D eigenvalue weighted by Crippen LogP contribution is -2.26. The van der Waals surface area contributed by atoms with Gasteiger partial charge in [0, 0.05) is 33.4 Å². The quantitative estimate of drug-likeness (QED) is 0.176. The molecule has 0 fully saturated rings. The van der Waals surface area contributed by atoms with E-state index in [9.17, 15) is 0 Å². The SMILES string of the molecule is c1ccc(-c2ccc(N(c3cccc(-c4ccccc4)c3)c3ccc4c(c3)C3(c5ccccc5-4)c4ccccc4-c4c3ccc3c4oc4ccccc43)cc2)cc1. The number of hydrogen-bond acceptors (Lipinski definition) is 2. The van der Waals surface area contributed by atoms with Crippen LogP contribution in [0.2, 0.25) is 0 Å². The molecule has 1 atom stereocenters. The maximum absolute atomic E-state index is 6.79. The number of anilines is 3. The van der Waals surface area contributed by atoms with Gasteiger partial charge < -0.3 is 9.32 Å². The van der Waals surface area contributed by atoms with Crippen LogP contribution in [-0.2, 0) is 5.41 Å². The summed E-state index contributed by atoms with van der Waals surface area (Å²) < 4.78 is 6.79. The van der Waals surface area contributed by atoms with Gasteiger partial charge in [0.05, 0.1) is 5.41 Å². The van der Waals surface area contributed by atoms with Crippen molar-refractivity contribution in [3.05, 3.63) is 235 Å². The molecule has 1 aromatic heterocycles. The van der Waals surface area contributed by atoms with Gasteiger partial charge in [0.2, 0.25) is 0 Å². The molecular formula is C55H35NO. The first kappa shape index (κ1) is 31.9. The minimum atomic E-state index is -0.532. The molecule has 1 spiro atoms. The van der Waals surface area contributed by atoms with Crippen LogP contribution in [0.3, 0.4) is 0 Å². The summed E-state index contributed by atoms with van der Waals surface area (Å²) in [5.41, 5.74) is 19.5. The summed E-state index contributed by atoms with van der Waals surface area (Å²) in [5, 5.41) is 2.30. The lowest BCUT2D eigenvalue weighted by atomic mass is 9.70. The summed E-state index contributed by atoms with van der Waals surface area (Å²) in [6.45, 7) is 0. The lowest BCUT2D eigenvalue weighted by Gasteiger charge is -2.32. The Labute approximate surface area is 331 Å². The molecule has 0 saturated heterocycles. The second-order valence-corrected chi connectivity index (χ2v) is 15.2. The summed E-state index contributed by atoms with van der Waals surface area (Å²) in [5.74, 6) is 0. The third kappa shape index (κ3) is 4.59. The molecule has 12 rings (SSSR count). The van der Waals surface area contributed by atoms with E-state index in [4.69, 9.17) is 4.42 Å². The molecular weight excluding hydrogens is 691 g/mol. The minimum Gasteiger partial charge on any atom is -0.455 e. The molecule has 266 valence electrons. The van der Waals surface area contributed by atoms with Crippen LogP contribution < -0.4 is 4.90 Å². The van der Waals surface area contributed by atoms with Crippen LogP contribution in [-0.4, -0.2) is 0 Å². The first-order valence-electron chi connectivity index (χ1n) is 19.7. The average molecular weight is 726 g/mol. The molecule has 0 radical (unpaired) electrons. The van der Waals surface area contributed by atoms with Crippen molar-refractivity contribution in [1.29, 1.82) is 0 Å². The number of fused-ring (bicyclic) bond motifs is 14. The van der Waals surface area contributed by atoms with E-state index in [1.807, 2.05) is 0 Å². The Kier molecular flexibility index (Phi) is 6.88. The summed E-state index contributed by atoms with van der Waals surface area (Å²) in [6, 6.07) is 77.4. The van der Waals surface area contributed by atoms with E-state index in [2.05, 4.69) is 217 Å². The van der Waals surface area contributed by atoms with E-state index in [0.717, 1.165) is 39.0 Å². The number of para-hydroxylation sites is 1. The van der Waals surface area contributed by atoms with Gasteiger partial charge in [0.25, 0.3) is 0 Å². The largest absolute Gasteiger partial charge is 0.455 e. The Morgan fingerprint density at radius 2 is 0.912 bits per heavy atom. The predicted octanol–water partition coefficient (Wildman–Crippen LogP) is 14.7. The van der Waals surface area contributed by atoms with Crippen molar-refractivity contribution in [2.75, 3.05) is 4.90 Å². The molecule has 0 amide bonds. The van der Waals surface area contributed by atoms with Gasteiger partial charge in [-0.3, -0.25) is 0 Å². The van der Waals surface area contributed by atoms with Crippen molar-refractivity contribution in [1.82, 2.24) is 0 Å². The van der Waals surface area contributed by atoms with E-state index in [0.29, 0.717) is 0 Å². The predicted molar refractivity (Wildman–Crippen MR) is 236 cm³/mol. The topological polar surface area (TPSA) is 16.4 Å². The zero-order chi connectivity index (χ0) is 37.5. The minimum absolute atomic E-state index is 0.532. The average Bonchev–Trinajstić information content (AvgIpc) is 3.91. The van der Waals surface area contributed by atoms with Gasteiger partial charge in [-0.1, -0.05) is 170 Å². The monoisotopic (exact) mass is 725 g/mol. The number of hydrogen-bond donors (Lipinski definition) is 0. The molecule has 2 aliphatic carbocycles. The maximum atomic E-state index is 6.79. The Morgan fingerprint density at radius 1 is 0.333 bits per heavy atom. The Morgan fingerprint density at radius 3 is 1.70 bits per heavy atom. The first-order valence-corrected chi connectivity index (χ1v) is 19.7. The Balaban J connectivity index is 1.11. The van der Waals surface area contributed by atoms with Gasteiger partial charge in [-0.15, -0.1) is 0 Å². The van der Waals surface area contributed by atoms with Crippen LogP contribution in [0.25, 0.3) is 66.4 Å². The molecule has 10 aromatic rings. The van der Waals surface area contributed by atoms with E-state index >= 15 is 0 Å². The molecule has 0 bridgehead atoms. The van der Waals surface area contributed by atoms with Crippen molar-refractivity contribution in [3.8, 4) is 44.5 Å². The first-order chi connectivity index (χ1) is 28.3. The van der Waals surface area contributed by atoms with Crippen molar-refractivity contribution in [3.63, 3.8) is 0 Å². The zero-order valence-electron chi connectivity index (χ0n) is 31.1. The van der Waals surface area contributed by atoms with Gasteiger partial charge in [-0.25, -0.2) is 0 Å². The normalized spacial score (nSPS) is 14.7. The molecule has 0 N–H and O–H groups in total. The summed E-state index contributed by atoms with van der Waals surface area (Å²) >= 11 is 0. The highest BCUT2D eigenvalue weighted by Crippen LogP contribution is 2.64. The molecule has 2 aliphatic rings. The Bertz CT molecular complexity index is 3180. The summed E-state index contributed by atoms with van der Waals surface area (Å²) in [7, 11) is 0. The Hall–Kier alpha value is -7.42. The number of furan rings is 1. The molecule has 0 saturated carbocycles. The van der Waals surface area contributed by atoms with Crippen molar-refractivity contribution in [2.24, 2.45) is 0 Å². The third-order valence-corrected chi connectivity index (χ3v) is 12.3. The van der Waals surface area contributed by atoms with Crippen LogP contribution in [0.5, 0.6) is 0 Å². The highest BCUT2D eigenvalue weighted by atomic mass is 16.3. The number of benzene rings is 9. The zero-order valence-corrected chi connectivity index (χ0v) is 31.1. The van der Waals surface area contributed by atoms with Crippen LogP contribution in [0.15, 0.2) is 217 Å². The van der Waals surface area contributed by atoms with E-state index in [1.54, 1.807) is 0 Å². The van der Waals surface area contributed by atoms with Gasteiger partial charge in [0.1, 0.15) is 11.2 Å². The van der Waals surface area contributed by atoms with E-state index < -0.39 is 5.41 Å². The van der Waals surface area contributed by atoms with Crippen molar-refractivity contribution >= 4 is 39.0 Å². The second-order valence-electron chi connectivity index (χ2n) is 15.2. The molecule has 9 aromatic carbocycles.